The quantitative estimate of drug-likeness (QED) is 0.852. The van der Waals surface area contributed by atoms with Crippen molar-refractivity contribution >= 4 is 11.0 Å². The second-order valence-electron chi connectivity index (χ2n) is 5.33. The largest absolute Gasteiger partial charge is 0.312 e. The average molecular weight is 261 g/mol. The van der Waals surface area contributed by atoms with Crippen molar-refractivity contribution in [3.63, 3.8) is 0 Å². The minimum atomic E-state index is -0.0148. The van der Waals surface area contributed by atoms with Gasteiger partial charge < -0.3 is 5.32 Å². The molecule has 3 rings (SSSR count). The predicted molar refractivity (Wildman–Crippen MR) is 73.0 cm³/mol. The highest BCUT2D eigenvalue weighted by Gasteiger charge is 2.27. The van der Waals surface area contributed by atoms with Crippen LogP contribution in [0.4, 0.5) is 0 Å². The Labute approximate surface area is 111 Å². The van der Waals surface area contributed by atoms with Crippen molar-refractivity contribution in [2.24, 2.45) is 13.0 Å². The van der Waals surface area contributed by atoms with Crippen molar-refractivity contribution in [2.75, 3.05) is 6.54 Å². The third kappa shape index (κ3) is 2.40. The van der Waals surface area contributed by atoms with E-state index in [1.165, 1.54) is 12.8 Å². The van der Waals surface area contributed by atoms with Crippen molar-refractivity contribution in [3.05, 3.63) is 22.9 Å². The van der Waals surface area contributed by atoms with Gasteiger partial charge >= 0.3 is 0 Å². The third-order valence-corrected chi connectivity index (χ3v) is 3.87. The van der Waals surface area contributed by atoms with E-state index in [0.29, 0.717) is 23.6 Å². The molecule has 0 radical (unpaired) electrons. The van der Waals surface area contributed by atoms with Crippen molar-refractivity contribution < 1.29 is 0 Å². The summed E-state index contributed by atoms with van der Waals surface area (Å²) in [6, 6.07) is 0.547. The van der Waals surface area contributed by atoms with Gasteiger partial charge in [0.1, 0.15) is 11.7 Å². The maximum atomic E-state index is 12.2. The smallest absolute Gasteiger partial charge is 0.264 e. The Morgan fingerprint density at radius 3 is 3.05 bits per heavy atom. The zero-order valence-corrected chi connectivity index (χ0v) is 11.3. The van der Waals surface area contributed by atoms with Crippen molar-refractivity contribution in [1.29, 1.82) is 0 Å². The van der Waals surface area contributed by atoms with E-state index in [-0.39, 0.29) is 5.56 Å². The van der Waals surface area contributed by atoms with Crippen LogP contribution in [-0.2, 0) is 13.6 Å². The van der Waals surface area contributed by atoms with E-state index < -0.39 is 0 Å². The molecule has 0 spiro atoms. The van der Waals surface area contributed by atoms with Crippen LogP contribution in [0.2, 0.25) is 0 Å². The van der Waals surface area contributed by atoms with Crippen molar-refractivity contribution in [1.82, 2.24) is 24.6 Å². The Morgan fingerprint density at radius 2 is 2.32 bits per heavy atom. The molecule has 19 heavy (non-hydrogen) atoms. The van der Waals surface area contributed by atoms with Gasteiger partial charge in [-0.1, -0.05) is 0 Å². The predicted octanol–water partition coefficient (Wildman–Crippen LogP) is 0.518. The normalized spacial score (nSPS) is 16.9. The highest BCUT2D eigenvalue weighted by molar-refractivity contribution is 5.72. The van der Waals surface area contributed by atoms with Gasteiger partial charge in [0.2, 0.25) is 0 Å². The average Bonchev–Trinajstić information content (AvgIpc) is 3.17. The molecule has 1 aliphatic carbocycles. The molecule has 0 saturated heterocycles. The fraction of sp³-hybridized carbons (Fsp3) is 0.615. The van der Waals surface area contributed by atoms with Crippen LogP contribution in [0.5, 0.6) is 0 Å². The Hall–Kier alpha value is -1.69. The highest BCUT2D eigenvalue weighted by Crippen LogP contribution is 2.32. The number of aromatic nitrogens is 4. The van der Waals surface area contributed by atoms with Crippen LogP contribution in [0.15, 0.2) is 17.3 Å². The van der Waals surface area contributed by atoms with Crippen LogP contribution in [-0.4, -0.2) is 31.9 Å². The van der Waals surface area contributed by atoms with Gasteiger partial charge in [0.15, 0.2) is 5.65 Å². The summed E-state index contributed by atoms with van der Waals surface area (Å²) >= 11 is 0. The lowest BCUT2D eigenvalue weighted by Crippen LogP contribution is -2.33. The molecule has 1 fully saturated rings. The first-order valence-electron chi connectivity index (χ1n) is 6.77. The lowest BCUT2D eigenvalue weighted by atomic mass is 10.2. The molecule has 102 valence electrons. The van der Waals surface area contributed by atoms with Crippen LogP contribution in [0.1, 0.15) is 19.8 Å². The first-order valence-corrected chi connectivity index (χ1v) is 6.77. The van der Waals surface area contributed by atoms with Gasteiger partial charge in [-0.15, -0.1) is 0 Å². The molecule has 2 aromatic rings. The molecule has 1 aliphatic rings. The van der Waals surface area contributed by atoms with E-state index in [2.05, 4.69) is 22.3 Å². The van der Waals surface area contributed by atoms with Gasteiger partial charge in [-0.05, 0) is 25.7 Å². The minimum absolute atomic E-state index is 0.0148. The number of nitrogens with zero attached hydrogens (tertiary/aromatic N) is 4. The fourth-order valence-corrected chi connectivity index (χ4v) is 2.40. The second kappa shape index (κ2) is 4.77. The number of nitrogens with one attached hydrogen (secondary N) is 1. The molecule has 0 amide bonds. The second-order valence-corrected chi connectivity index (χ2v) is 5.33. The maximum absolute atomic E-state index is 12.2. The zero-order chi connectivity index (χ0) is 13.4. The van der Waals surface area contributed by atoms with E-state index in [9.17, 15) is 4.79 Å². The van der Waals surface area contributed by atoms with Crippen molar-refractivity contribution in [2.45, 2.75) is 32.4 Å². The van der Waals surface area contributed by atoms with E-state index in [4.69, 9.17) is 0 Å². The van der Waals surface area contributed by atoms with Crippen LogP contribution >= 0.6 is 0 Å². The summed E-state index contributed by atoms with van der Waals surface area (Å²) in [5, 5.41) is 8.11. The molecule has 1 atom stereocenters. The number of hydrogen-bond acceptors (Lipinski definition) is 4. The summed E-state index contributed by atoms with van der Waals surface area (Å²) in [7, 11) is 1.79. The molecule has 0 aliphatic heterocycles. The molecule has 2 aromatic heterocycles. The summed E-state index contributed by atoms with van der Waals surface area (Å²) in [5.41, 5.74) is 0.625. The summed E-state index contributed by atoms with van der Waals surface area (Å²) in [6.07, 6.45) is 5.85. The molecule has 6 nitrogen and oxygen atoms in total. The lowest BCUT2D eigenvalue weighted by molar-refractivity contribution is 0.471. The van der Waals surface area contributed by atoms with Crippen LogP contribution in [0, 0.1) is 5.92 Å². The van der Waals surface area contributed by atoms with Gasteiger partial charge in [0, 0.05) is 26.2 Å². The molecular formula is C13H19N5O. The first-order chi connectivity index (χ1) is 9.16. The van der Waals surface area contributed by atoms with Crippen LogP contribution < -0.4 is 10.9 Å². The number of aryl methyl sites for hydroxylation is 1. The van der Waals surface area contributed by atoms with Crippen LogP contribution in [0.3, 0.4) is 0 Å². The summed E-state index contributed by atoms with van der Waals surface area (Å²) in [5.74, 6) is 0.829. The molecule has 1 saturated carbocycles. The summed E-state index contributed by atoms with van der Waals surface area (Å²) in [4.78, 5) is 16.5. The van der Waals surface area contributed by atoms with E-state index in [1.807, 2.05) is 0 Å². The van der Waals surface area contributed by atoms with Crippen LogP contribution in [0.25, 0.3) is 11.0 Å². The fourth-order valence-electron chi connectivity index (χ4n) is 2.40. The molecule has 0 bridgehead atoms. The first kappa shape index (κ1) is 12.3. The SMILES string of the molecule is CC(NCCn1cnc2c(cnn2C)c1=O)C1CC1. The minimum Gasteiger partial charge on any atom is -0.312 e. The monoisotopic (exact) mass is 261 g/mol. The highest BCUT2D eigenvalue weighted by atomic mass is 16.1. The topological polar surface area (TPSA) is 64.7 Å². The Morgan fingerprint density at radius 1 is 1.53 bits per heavy atom. The molecule has 1 unspecified atom stereocenters. The molecule has 0 aromatic carbocycles. The van der Waals surface area contributed by atoms with Gasteiger partial charge in [0.05, 0.1) is 6.20 Å². The molecule has 1 N–H and O–H groups in total. The van der Waals surface area contributed by atoms with Gasteiger partial charge in [0.25, 0.3) is 5.56 Å². The third-order valence-electron chi connectivity index (χ3n) is 3.87. The molecule has 6 heteroatoms. The maximum Gasteiger partial charge on any atom is 0.264 e. The lowest BCUT2D eigenvalue weighted by Gasteiger charge is -2.13. The van der Waals surface area contributed by atoms with Gasteiger partial charge in [-0.2, -0.15) is 5.10 Å². The number of hydrogen-bond donors (Lipinski definition) is 1. The number of fused-ring (bicyclic) bond motifs is 1. The molecular weight excluding hydrogens is 242 g/mol. The van der Waals surface area contributed by atoms with Gasteiger partial charge in [-0.3, -0.25) is 14.0 Å². The Balaban J connectivity index is 1.70. The van der Waals surface area contributed by atoms with Gasteiger partial charge in [-0.25, -0.2) is 4.98 Å². The summed E-state index contributed by atoms with van der Waals surface area (Å²) < 4.78 is 3.27. The van der Waals surface area contributed by atoms with E-state index in [1.54, 1.807) is 28.8 Å². The van der Waals surface area contributed by atoms with E-state index in [0.717, 1.165) is 12.5 Å². The Bertz CT molecular complexity index is 640. The van der Waals surface area contributed by atoms with E-state index >= 15 is 0 Å². The standard InChI is InChI=1S/C13H19N5O/c1-9(10-3-4-10)14-5-6-18-8-15-12-11(13(18)19)7-16-17(12)2/h7-10,14H,3-6H2,1-2H3. The zero-order valence-electron chi connectivity index (χ0n) is 11.3. The number of rotatable bonds is 5. The molecule has 2 heterocycles. The summed E-state index contributed by atoms with van der Waals surface area (Å²) in [6.45, 7) is 3.65. The Kier molecular flexibility index (Phi) is 3.10. The van der Waals surface area contributed by atoms with Crippen molar-refractivity contribution in [3.8, 4) is 0 Å².